The highest BCUT2D eigenvalue weighted by atomic mass is 35.5. The van der Waals surface area contributed by atoms with Crippen molar-refractivity contribution < 1.29 is 13.2 Å². The van der Waals surface area contributed by atoms with Gasteiger partial charge in [-0.15, -0.1) is 0 Å². The van der Waals surface area contributed by atoms with E-state index in [1.807, 2.05) is 30.3 Å². The minimum Gasteiger partial charge on any atom is -0.397 e. The lowest BCUT2D eigenvalue weighted by molar-refractivity contribution is -0.131. The highest BCUT2D eigenvalue weighted by Crippen LogP contribution is 2.24. The van der Waals surface area contributed by atoms with Gasteiger partial charge in [-0.05, 0) is 41.8 Å². The lowest BCUT2D eigenvalue weighted by atomic mass is 10.0. The maximum Gasteiger partial charge on any atom is 0.390 e. The second-order valence-corrected chi connectivity index (χ2v) is 5.45. The molecule has 0 radical (unpaired) electrons. The molecule has 2 aromatic carbocycles. The molecular formula is C16H16ClF3N2. The van der Waals surface area contributed by atoms with Crippen molar-refractivity contribution in [2.24, 2.45) is 0 Å². The van der Waals surface area contributed by atoms with Crippen LogP contribution in [0, 0.1) is 0 Å². The topological polar surface area (TPSA) is 38.0 Å². The van der Waals surface area contributed by atoms with E-state index in [-0.39, 0.29) is 6.54 Å². The summed E-state index contributed by atoms with van der Waals surface area (Å²) in [4.78, 5) is 0. The van der Waals surface area contributed by atoms with Crippen LogP contribution < -0.4 is 11.1 Å². The van der Waals surface area contributed by atoms with Gasteiger partial charge < -0.3 is 11.1 Å². The molecule has 3 N–H and O–H groups in total. The SMILES string of the molecule is Nc1cc(Cc2ccc(Cl)cc2)ccc1NCCC(F)(F)F. The summed E-state index contributed by atoms with van der Waals surface area (Å²) in [5.41, 5.74) is 8.91. The zero-order valence-electron chi connectivity index (χ0n) is 11.8. The fraction of sp³-hybridized carbons (Fsp3) is 0.250. The van der Waals surface area contributed by atoms with Crippen LogP contribution in [0.4, 0.5) is 24.5 Å². The molecule has 0 saturated heterocycles. The first-order valence-electron chi connectivity index (χ1n) is 6.77. The van der Waals surface area contributed by atoms with Gasteiger partial charge in [0.15, 0.2) is 0 Å². The summed E-state index contributed by atoms with van der Waals surface area (Å²) < 4.78 is 36.3. The molecule has 0 bridgehead atoms. The van der Waals surface area contributed by atoms with Crippen LogP contribution in [0.25, 0.3) is 0 Å². The van der Waals surface area contributed by atoms with Crippen molar-refractivity contribution in [2.45, 2.75) is 19.0 Å². The average Bonchev–Trinajstić information content (AvgIpc) is 2.42. The minimum absolute atomic E-state index is 0.190. The second-order valence-electron chi connectivity index (χ2n) is 5.02. The molecule has 0 aliphatic heterocycles. The number of halogens is 4. The Morgan fingerprint density at radius 2 is 1.64 bits per heavy atom. The molecule has 2 nitrogen and oxygen atoms in total. The standard InChI is InChI=1S/C16H16ClF3N2/c17-13-4-1-11(2-5-13)9-12-3-6-15(14(21)10-12)22-8-7-16(18,19)20/h1-6,10,22H,7-9,21H2. The third-order valence-electron chi connectivity index (χ3n) is 3.16. The Kier molecular flexibility index (Phi) is 5.19. The van der Waals surface area contributed by atoms with E-state index in [0.717, 1.165) is 11.1 Å². The van der Waals surface area contributed by atoms with Gasteiger partial charge in [0.05, 0.1) is 17.8 Å². The fourth-order valence-electron chi connectivity index (χ4n) is 2.06. The van der Waals surface area contributed by atoms with E-state index >= 15 is 0 Å². The van der Waals surface area contributed by atoms with Crippen LogP contribution in [0.5, 0.6) is 0 Å². The van der Waals surface area contributed by atoms with Crippen molar-refractivity contribution in [1.82, 2.24) is 0 Å². The van der Waals surface area contributed by atoms with E-state index in [1.165, 1.54) is 0 Å². The summed E-state index contributed by atoms with van der Waals surface area (Å²) in [6.07, 6.45) is -4.38. The minimum atomic E-state index is -4.17. The number of nitrogens with one attached hydrogen (secondary N) is 1. The Labute approximate surface area is 132 Å². The van der Waals surface area contributed by atoms with Gasteiger partial charge in [-0.25, -0.2) is 0 Å². The molecule has 2 aromatic rings. The molecule has 0 aliphatic rings. The monoisotopic (exact) mass is 328 g/mol. The number of nitrogen functional groups attached to an aromatic ring is 1. The maximum atomic E-state index is 12.1. The van der Waals surface area contributed by atoms with Crippen molar-refractivity contribution >= 4 is 23.0 Å². The number of alkyl halides is 3. The van der Waals surface area contributed by atoms with Crippen molar-refractivity contribution in [2.75, 3.05) is 17.6 Å². The lowest BCUT2D eigenvalue weighted by Crippen LogP contribution is -2.15. The number of benzene rings is 2. The fourth-order valence-corrected chi connectivity index (χ4v) is 2.19. The Hall–Kier alpha value is -1.88. The summed E-state index contributed by atoms with van der Waals surface area (Å²) in [5, 5.41) is 3.38. The van der Waals surface area contributed by atoms with Crippen LogP contribution in [0.3, 0.4) is 0 Å². The van der Waals surface area contributed by atoms with Crippen molar-refractivity contribution in [3.63, 3.8) is 0 Å². The van der Waals surface area contributed by atoms with Gasteiger partial charge in [0.2, 0.25) is 0 Å². The summed E-state index contributed by atoms with van der Waals surface area (Å²) in [6, 6.07) is 12.8. The first-order chi connectivity index (χ1) is 10.3. The summed E-state index contributed by atoms with van der Waals surface area (Å²) >= 11 is 5.83. The molecule has 0 spiro atoms. The number of hydrogen-bond donors (Lipinski definition) is 2. The van der Waals surface area contributed by atoms with E-state index in [9.17, 15) is 13.2 Å². The molecule has 0 heterocycles. The molecule has 22 heavy (non-hydrogen) atoms. The molecule has 0 unspecified atom stereocenters. The number of anilines is 2. The second kappa shape index (κ2) is 6.92. The van der Waals surface area contributed by atoms with Crippen LogP contribution in [-0.2, 0) is 6.42 Å². The number of rotatable bonds is 5. The van der Waals surface area contributed by atoms with Crippen molar-refractivity contribution in [3.05, 3.63) is 58.6 Å². The van der Waals surface area contributed by atoms with Crippen LogP contribution in [-0.4, -0.2) is 12.7 Å². The van der Waals surface area contributed by atoms with Gasteiger partial charge in [-0.1, -0.05) is 29.8 Å². The predicted molar refractivity (Wildman–Crippen MR) is 84.3 cm³/mol. The zero-order chi connectivity index (χ0) is 16.2. The van der Waals surface area contributed by atoms with E-state index in [0.29, 0.717) is 22.8 Å². The smallest absolute Gasteiger partial charge is 0.390 e. The molecule has 2 rings (SSSR count). The van der Waals surface area contributed by atoms with Gasteiger partial charge in [0.25, 0.3) is 0 Å². The highest BCUT2D eigenvalue weighted by Gasteiger charge is 2.26. The molecular weight excluding hydrogens is 313 g/mol. The Balaban J connectivity index is 1.98. The molecule has 0 amide bonds. The lowest BCUT2D eigenvalue weighted by Gasteiger charge is -2.12. The third kappa shape index (κ3) is 5.15. The summed E-state index contributed by atoms with van der Waals surface area (Å²) in [5.74, 6) is 0. The highest BCUT2D eigenvalue weighted by molar-refractivity contribution is 6.30. The van der Waals surface area contributed by atoms with Gasteiger partial charge in [-0.2, -0.15) is 13.2 Å². The van der Waals surface area contributed by atoms with Gasteiger partial charge >= 0.3 is 6.18 Å². The Morgan fingerprint density at radius 1 is 1.00 bits per heavy atom. The molecule has 118 valence electrons. The average molecular weight is 329 g/mol. The summed E-state index contributed by atoms with van der Waals surface area (Å²) in [7, 11) is 0. The van der Waals surface area contributed by atoms with E-state index in [4.69, 9.17) is 17.3 Å². The maximum absolute atomic E-state index is 12.1. The summed E-state index contributed by atoms with van der Waals surface area (Å²) in [6.45, 7) is -0.190. The quantitative estimate of drug-likeness (QED) is 0.768. The van der Waals surface area contributed by atoms with Crippen LogP contribution in [0.1, 0.15) is 17.5 Å². The van der Waals surface area contributed by atoms with Gasteiger partial charge in [0.1, 0.15) is 0 Å². The van der Waals surface area contributed by atoms with Gasteiger partial charge in [0, 0.05) is 11.6 Å². The van der Waals surface area contributed by atoms with Crippen molar-refractivity contribution in [1.29, 1.82) is 0 Å². The molecule has 0 aliphatic carbocycles. The Bertz CT molecular complexity index is 624. The van der Waals surface area contributed by atoms with Crippen LogP contribution in [0.2, 0.25) is 5.02 Å². The first kappa shape index (κ1) is 16.5. The zero-order valence-corrected chi connectivity index (χ0v) is 12.5. The first-order valence-corrected chi connectivity index (χ1v) is 7.15. The largest absolute Gasteiger partial charge is 0.397 e. The van der Waals surface area contributed by atoms with E-state index in [1.54, 1.807) is 12.1 Å². The molecule has 0 atom stereocenters. The van der Waals surface area contributed by atoms with E-state index < -0.39 is 12.6 Å². The van der Waals surface area contributed by atoms with Crippen molar-refractivity contribution in [3.8, 4) is 0 Å². The molecule has 0 aromatic heterocycles. The van der Waals surface area contributed by atoms with Gasteiger partial charge in [-0.3, -0.25) is 0 Å². The Morgan fingerprint density at radius 3 is 2.23 bits per heavy atom. The normalized spacial score (nSPS) is 11.5. The third-order valence-corrected chi connectivity index (χ3v) is 3.41. The molecule has 6 heteroatoms. The molecule has 0 saturated carbocycles. The predicted octanol–water partition coefficient (Wildman–Crippen LogP) is 4.88. The van der Waals surface area contributed by atoms with Crippen LogP contribution in [0.15, 0.2) is 42.5 Å². The number of nitrogens with two attached hydrogens (primary N) is 1. The molecule has 0 fully saturated rings. The number of hydrogen-bond acceptors (Lipinski definition) is 2. The van der Waals surface area contributed by atoms with Crippen LogP contribution >= 0.6 is 11.6 Å². The van der Waals surface area contributed by atoms with E-state index in [2.05, 4.69) is 5.32 Å².